The SMILES string of the molecule is NOC(=O)C(N)Cc1ccccc1OC(F)F. The van der Waals surface area contributed by atoms with Gasteiger partial charge in [0.2, 0.25) is 0 Å². The summed E-state index contributed by atoms with van der Waals surface area (Å²) in [6.07, 6.45) is -0.00106. The van der Waals surface area contributed by atoms with Gasteiger partial charge >= 0.3 is 12.6 Å². The summed E-state index contributed by atoms with van der Waals surface area (Å²) in [5.41, 5.74) is 5.84. The Balaban J connectivity index is 2.79. The monoisotopic (exact) mass is 246 g/mol. The molecule has 0 saturated heterocycles. The summed E-state index contributed by atoms with van der Waals surface area (Å²) in [6, 6.07) is 5.02. The van der Waals surface area contributed by atoms with E-state index in [0.717, 1.165) is 0 Å². The van der Waals surface area contributed by atoms with Crippen LogP contribution in [0.5, 0.6) is 5.75 Å². The second-order valence-corrected chi connectivity index (χ2v) is 3.23. The molecule has 5 nitrogen and oxygen atoms in total. The lowest BCUT2D eigenvalue weighted by molar-refractivity contribution is -0.145. The third kappa shape index (κ3) is 3.97. The summed E-state index contributed by atoms with van der Waals surface area (Å²) >= 11 is 0. The molecule has 0 heterocycles. The van der Waals surface area contributed by atoms with Gasteiger partial charge in [0, 0.05) is 6.42 Å². The molecule has 7 heteroatoms. The number of alkyl halides is 2. The molecule has 0 fully saturated rings. The number of hydrogen-bond acceptors (Lipinski definition) is 5. The first kappa shape index (κ1) is 13.3. The molecule has 0 aliphatic heterocycles. The summed E-state index contributed by atoms with van der Waals surface area (Å²) in [5, 5.41) is 0. The second-order valence-electron chi connectivity index (χ2n) is 3.23. The third-order valence-corrected chi connectivity index (χ3v) is 2.05. The average Bonchev–Trinajstić information content (AvgIpc) is 2.29. The van der Waals surface area contributed by atoms with E-state index in [2.05, 4.69) is 15.5 Å². The van der Waals surface area contributed by atoms with Crippen molar-refractivity contribution in [1.82, 2.24) is 0 Å². The first-order valence-corrected chi connectivity index (χ1v) is 4.73. The lowest BCUT2D eigenvalue weighted by Crippen LogP contribution is -2.36. The van der Waals surface area contributed by atoms with Gasteiger partial charge in [-0.2, -0.15) is 14.7 Å². The number of carbonyl (C=O) groups is 1. The van der Waals surface area contributed by atoms with Gasteiger partial charge in [0.25, 0.3) is 0 Å². The molecule has 0 aliphatic rings. The number of nitrogens with two attached hydrogens (primary N) is 2. The van der Waals surface area contributed by atoms with Crippen LogP contribution in [0, 0.1) is 0 Å². The maximum absolute atomic E-state index is 12.1. The Morgan fingerprint density at radius 1 is 1.35 bits per heavy atom. The number of ether oxygens (including phenoxy) is 1. The van der Waals surface area contributed by atoms with E-state index in [-0.39, 0.29) is 12.2 Å². The zero-order valence-electron chi connectivity index (χ0n) is 8.81. The number of carbonyl (C=O) groups excluding carboxylic acids is 1. The molecule has 0 spiro atoms. The zero-order valence-corrected chi connectivity index (χ0v) is 8.81. The molecular weight excluding hydrogens is 234 g/mol. The molecule has 0 aromatic heterocycles. The van der Waals surface area contributed by atoms with Crippen molar-refractivity contribution in [1.29, 1.82) is 0 Å². The summed E-state index contributed by atoms with van der Waals surface area (Å²) in [7, 11) is 0. The highest BCUT2D eigenvalue weighted by molar-refractivity contribution is 5.75. The third-order valence-electron chi connectivity index (χ3n) is 2.05. The van der Waals surface area contributed by atoms with Crippen LogP contribution in [0.15, 0.2) is 24.3 Å². The van der Waals surface area contributed by atoms with E-state index in [4.69, 9.17) is 5.73 Å². The Morgan fingerprint density at radius 2 is 2.00 bits per heavy atom. The molecular formula is C10H12F2N2O3. The maximum atomic E-state index is 12.1. The van der Waals surface area contributed by atoms with Crippen molar-refractivity contribution < 1.29 is 23.1 Å². The van der Waals surface area contributed by atoms with E-state index in [1.807, 2.05) is 0 Å². The van der Waals surface area contributed by atoms with E-state index in [9.17, 15) is 13.6 Å². The van der Waals surface area contributed by atoms with Crippen LogP contribution in [0.2, 0.25) is 0 Å². The first-order chi connectivity index (χ1) is 8.04. The van der Waals surface area contributed by atoms with Crippen molar-refractivity contribution in [3.8, 4) is 5.75 Å². The molecule has 1 rings (SSSR count). The van der Waals surface area contributed by atoms with E-state index in [0.29, 0.717) is 5.56 Å². The van der Waals surface area contributed by atoms with E-state index >= 15 is 0 Å². The first-order valence-electron chi connectivity index (χ1n) is 4.73. The molecule has 0 amide bonds. The lowest BCUT2D eigenvalue weighted by atomic mass is 10.1. The number of benzene rings is 1. The number of para-hydroxylation sites is 1. The Kier molecular flexibility index (Phi) is 4.80. The van der Waals surface area contributed by atoms with Crippen molar-refractivity contribution in [2.24, 2.45) is 11.6 Å². The highest BCUT2D eigenvalue weighted by Gasteiger charge is 2.18. The molecule has 0 saturated carbocycles. The highest BCUT2D eigenvalue weighted by Crippen LogP contribution is 2.21. The van der Waals surface area contributed by atoms with Crippen LogP contribution in [0.3, 0.4) is 0 Å². The number of hydrogen-bond donors (Lipinski definition) is 2. The standard InChI is InChI=1S/C10H12F2N2O3/c11-10(12)16-8-4-2-1-3-6(8)5-7(13)9(15)17-14/h1-4,7,10H,5,13-14H2. The van der Waals surface area contributed by atoms with Crippen LogP contribution >= 0.6 is 0 Å². The molecule has 17 heavy (non-hydrogen) atoms. The van der Waals surface area contributed by atoms with E-state index in [1.165, 1.54) is 18.2 Å². The van der Waals surface area contributed by atoms with Gasteiger partial charge in [0.05, 0.1) is 0 Å². The van der Waals surface area contributed by atoms with Crippen LogP contribution in [-0.4, -0.2) is 18.6 Å². The summed E-state index contributed by atoms with van der Waals surface area (Å²) in [5.74, 6) is 3.82. The smallest absolute Gasteiger partial charge is 0.387 e. The Bertz CT molecular complexity index is 388. The van der Waals surface area contributed by atoms with Gasteiger partial charge in [-0.25, -0.2) is 4.79 Å². The topological polar surface area (TPSA) is 87.6 Å². The fourth-order valence-electron chi connectivity index (χ4n) is 1.29. The van der Waals surface area contributed by atoms with Gasteiger partial charge in [-0.05, 0) is 11.6 Å². The Morgan fingerprint density at radius 3 is 2.59 bits per heavy atom. The molecule has 0 aliphatic carbocycles. The molecule has 94 valence electrons. The van der Waals surface area contributed by atoms with Gasteiger partial charge in [-0.1, -0.05) is 18.2 Å². The number of halogens is 2. The van der Waals surface area contributed by atoms with Crippen molar-refractivity contribution in [3.05, 3.63) is 29.8 Å². The zero-order chi connectivity index (χ0) is 12.8. The highest BCUT2D eigenvalue weighted by atomic mass is 19.3. The van der Waals surface area contributed by atoms with Crippen molar-refractivity contribution in [2.75, 3.05) is 0 Å². The molecule has 1 aromatic rings. The Hall–Kier alpha value is -1.73. The van der Waals surface area contributed by atoms with Crippen LogP contribution in [0.4, 0.5) is 8.78 Å². The minimum Gasteiger partial charge on any atom is -0.435 e. The van der Waals surface area contributed by atoms with Crippen LogP contribution < -0.4 is 16.4 Å². The van der Waals surface area contributed by atoms with E-state index < -0.39 is 18.6 Å². The summed E-state index contributed by atoms with van der Waals surface area (Å²) in [6.45, 7) is -2.94. The number of rotatable bonds is 5. The fourth-order valence-corrected chi connectivity index (χ4v) is 1.29. The van der Waals surface area contributed by atoms with Gasteiger partial charge in [0.15, 0.2) is 0 Å². The molecule has 0 bridgehead atoms. The second kappa shape index (κ2) is 6.12. The van der Waals surface area contributed by atoms with Gasteiger partial charge < -0.3 is 15.3 Å². The normalized spacial score (nSPS) is 12.3. The molecule has 1 atom stereocenters. The van der Waals surface area contributed by atoms with Crippen LogP contribution in [0.25, 0.3) is 0 Å². The fraction of sp³-hybridized carbons (Fsp3) is 0.300. The van der Waals surface area contributed by atoms with Crippen LogP contribution in [0.1, 0.15) is 5.56 Å². The largest absolute Gasteiger partial charge is 0.435 e. The lowest BCUT2D eigenvalue weighted by Gasteiger charge is -2.13. The molecule has 1 aromatic carbocycles. The molecule has 1 unspecified atom stereocenters. The Labute approximate surface area is 96.2 Å². The van der Waals surface area contributed by atoms with Gasteiger partial charge in [-0.3, -0.25) is 0 Å². The molecule has 4 N–H and O–H groups in total. The van der Waals surface area contributed by atoms with Gasteiger partial charge in [0.1, 0.15) is 11.8 Å². The van der Waals surface area contributed by atoms with Crippen molar-refractivity contribution in [3.63, 3.8) is 0 Å². The minimum atomic E-state index is -2.94. The minimum absolute atomic E-state index is 0.00106. The summed E-state index contributed by atoms with van der Waals surface area (Å²) < 4.78 is 28.5. The molecule has 0 radical (unpaired) electrons. The summed E-state index contributed by atoms with van der Waals surface area (Å²) in [4.78, 5) is 14.9. The van der Waals surface area contributed by atoms with E-state index in [1.54, 1.807) is 6.07 Å². The maximum Gasteiger partial charge on any atom is 0.387 e. The predicted molar refractivity (Wildman–Crippen MR) is 55.0 cm³/mol. The van der Waals surface area contributed by atoms with Crippen LogP contribution in [-0.2, 0) is 16.1 Å². The van der Waals surface area contributed by atoms with Crippen molar-refractivity contribution in [2.45, 2.75) is 19.1 Å². The average molecular weight is 246 g/mol. The van der Waals surface area contributed by atoms with Gasteiger partial charge in [-0.15, -0.1) is 0 Å². The quantitative estimate of drug-likeness (QED) is 0.742. The van der Waals surface area contributed by atoms with Crippen molar-refractivity contribution >= 4 is 5.97 Å². The predicted octanol–water partition coefficient (Wildman–Crippen LogP) is 0.575.